The molecule has 0 amide bonds. The van der Waals surface area contributed by atoms with E-state index in [1.807, 2.05) is 30.3 Å². The van der Waals surface area contributed by atoms with Gasteiger partial charge in [-0.05, 0) is 12.1 Å². The molecule has 0 saturated carbocycles. The number of rotatable bonds is 3. The van der Waals surface area contributed by atoms with Crippen LogP contribution in [0.1, 0.15) is 10.5 Å². The van der Waals surface area contributed by atoms with Gasteiger partial charge in [0.05, 0.1) is 0 Å². The minimum absolute atomic E-state index is 0.0913. The Morgan fingerprint density at radius 3 is 2.50 bits per heavy atom. The topological polar surface area (TPSA) is 75.1 Å². The van der Waals surface area contributed by atoms with Gasteiger partial charge in [0.2, 0.25) is 0 Å². The number of para-hydroxylation sites is 1. The highest BCUT2D eigenvalue weighted by atomic mass is 16.4. The molecule has 0 aliphatic rings. The Hall–Kier alpha value is -2.43. The van der Waals surface area contributed by atoms with Crippen LogP contribution in [0, 0.1) is 0 Å². The number of benzene rings is 1. The van der Waals surface area contributed by atoms with Crippen LogP contribution >= 0.6 is 0 Å². The lowest BCUT2D eigenvalue weighted by Gasteiger charge is -2.06. The number of aromatic nitrogens is 2. The highest BCUT2D eigenvalue weighted by molar-refractivity contribution is 5.91. The fraction of sp³-hybridized carbons (Fsp3) is 0. The first-order chi connectivity index (χ1) is 7.77. The number of hydrogen-bond donors (Lipinski definition) is 2. The highest BCUT2D eigenvalue weighted by Gasteiger charge is 2.12. The van der Waals surface area contributed by atoms with Crippen molar-refractivity contribution in [2.45, 2.75) is 0 Å². The van der Waals surface area contributed by atoms with Crippen molar-refractivity contribution in [2.24, 2.45) is 0 Å². The maximum absolute atomic E-state index is 10.9. The first kappa shape index (κ1) is 10.1. The lowest BCUT2D eigenvalue weighted by Crippen LogP contribution is -2.06. The summed E-state index contributed by atoms with van der Waals surface area (Å²) < 4.78 is 0. The average molecular weight is 215 g/mol. The zero-order valence-electron chi connectivity index (χ0n) is 8.29. The largest absolute Gasteiger partial charge is 0.476 e. The van der Waals surface area contributed by atoms with E-state index in [1.54, 1.807) is 0 Å². The van der Waals surface area contributed by atoms with Crippen molar-refractivity contribution >= 4 is 17.5 Å². The summed E-state index contributed by atoms with van der Waals surface area (Å²) in [4.78, 5) is 18.6. The molecule has 1 aromatic carbocycles. The van der Waals surface area contributed by atoms with E-state index in [1.165, 1.54) is 12.4 Å². The van der Waals surface area contributed by atoms with E-state index in [-0.39, 0.29) is 11.5 Å². The summed E-state index contributed by atoms with van der Waals surface area (Å²) in [5, 5.41) is 11.8. The SMILES string of the molecule is O=C(O)c1nccnc1Nc1ccccc1. The second-order valence-corrected chi connectivity index (χ2v) is 3.05. The molecule has 5 heteroatoms. The molecule has 1 aromatic heterocycles. The van der Waals surface area contributed by atoms with Crippen LogP contribution in [0.2, 0.25) is 0 Å². The Bertz CT molecular complexity index is 500. The van der Waals surface area contributed by atoms with Crippen molar-refractivity contribution in [3.8, 4) is 0 Å². The van der Waals surface area contributed by atoms with Crippen molar-refractivity contribution in [1.82, 2.24) is 9.97 Å². The molecule has 0 aliphatic heterocycles. The molecule has 2 aromatic rings. The number of anilines is 2. The van der Waals surface area contributed by atoms with Crippen LogP contribution in [0.25, 0.3) is 0 Å². The van der Waals surface area contributed by atoms with Crippen LogP contribution in [0.3, 0.4) is 0 Å². The quantitative estimate of drug-likeness (QED) is 0.818. The number of nitrogens with zero attached hydrogens (tertiary/aromatic N) is 2. The molecule has 0 fully saturated rings. The van der Waals surface area contributed by atoms with Gasteiger partial charge < -0.3 is 10.4 Å². The zero-order chi connectivity index (χ0) is 11.4. The Balaban J connectivity index is 2.31. The summed E-state index contributed by atoms with van der Waals surface area (Å²) in [5.41, 5.74) is 0.678. The lowest BCUT2D eigenvalue weighted by atomic mass is 10.3. The van der Waals surface area contributed by atoms with E-state index in [0.29, 0.717) is 0 Å². The minimum atomic E-state index is -1.11. The van der Waals surface area contributed by atoms with Crippen LogP contribution < -0.4 is 5.32 Å². The number of aromatic carboxylic acids is 1. The maximum atomic E-state index is 10.9. The summed E-state index contributed by atoms with van der Waals surface area (Å²) in [6.45, 7) is 0. The number of carboxylic acids is 1. The van der Waals surface area contributed by atoms with Gasteiger partial charge in [-0.3, -0.25) is 0 Å². The van der Waals surface area contributed by atoms with Gasteiger partial charge in [-0.1, -0.05) is 18.2 Å². The standard InChI is InChI=1S/C11H9N3O2/c15-11(16)9-10(13-7-6-12-9)14-8-4-2-1-3-5-8/h1-7H,(H,13,14)(H,15,16). The van der Waals surface area contributed by atoms with Gasteiger partial charge in [-0.25, -0.2) is 14.8 Å². The van der Waals surface area contributed by atoms with Crippen molar-refractivity contribution in [1.29, 1.82) is 0 Å². The molecule has 2 rings (SSSR count). The predicted octanol–water partition coefficient (Wildman–Crippen LogP) is 1.92. The van der Waals surface area contributed by atoms with Gasteiger partial charge in [0, 0.05) is 18.1 Å². The molecule has 0 saturated heterocycles. The summed E-state index contributed by atoms with van der Waals surface area (Å²) in [7, 11) is 0. The van der Waals surface area contributed by atoms with Gasteiger partial charge >= 0.3 is 5.97 Å². The van der Waals surface area contributed by atoms with Crippen molar-refractivity contribution in [3.63, 3.8) is 0 Å². The van der Waals surface area contributed by atoms with E-state index in [0.717, 1.165) is 5.69 Å². The number of carboxylic acid groups (broad SMARTS) is 1. The second kappa shape index (κ2) is 4.39. The second-order valence-electron chi connectivity index (χ2n) is 3.05. The van der Waals surface area contributed by atoms with Crippen molar-refractivity contribution in [3.05, 3.63) is 48.4 Å². The Morgan fingerprint density at radius 1 is 1.12 bits per heavy atom. The molecule has 0 atom stereocenters. The summed E-state index contributed by atoms with van der Waals surface area (Å²) in [5.74, 6) is -0.868. The third kappa shape index (κ3) is 2.14. The number of nitrogens with one attached hydrogen (secondary N) is 1. The van der Waals surface area contributed by atoms with Crippen molar-refractivity contribution < 1.29 is 9.90 Å². The molecule has 80 valence electrons. The molecule has 16 heavy (non-hydrogen) atoms. The molecule has 5 nitrogen and oxygen atoms in total. The third-order valence-electron chi connectivity index (χ3n) is 1.94. The first-order valence-electron chi connectivity index (χ1n) is 4.64. The summed E-state index contributed by atoms with van der Waals surface area (Å²) >= 11 is 0. The molecular weight excluding hydrogens is 206 g/mol. The normalized spacial score (nSPS) is 9.75. The Labute approximate surface area is 91.8 Å². The maximum Gasteiger partial charge on any atom is 0.358 e. The fourth-order valence-electron chi connectivity index (χ4n) is 1.24. The number of carbonyl (C=O) groups is 1. The molecule has 0 spiro atoms. The van der Waals surface area contributed by atoms with Gasteiger partial charge in [-0.15, -0.1) is 0 Å². The zero-order valence-corrected chi connectivity index (χ0v) is 8.29. The van der Waals surface area contributed by atoms with E-state index in [4.69, 9.17) is 5.11 Å². The molecule has 1 heterocycles. The molecule has 0 bridgehead atoms. The monoisotopic (exact) mass is 215 g/mol. The summed E-state index contributed by atoms with van der Waals surface area (Å²) in [6.07, 6.45) is 2.79. The molecular formula is C11H9N3O2. The smallest absolute Gasteiger partial charge is 0.358 e. The molecule has 0 radical (unpaired) electrons. The van der Waals surface area contributed by atoms with Crippen molar-refractivity contribution in [2.75, 3.05) is 5.32 Å². The van der Waals surface area contributed by atoms with E-state index >= 15 is 0 Å². The Morgan fingerprint density at radius 2 is 1.81 bits per heavy atom. The average Bonchev–Trinajstić information content (AvgIpc) is 2.31. The third-order valence-corrected chi connectivity index (χ3v) is 1.94. The van der Waals surface area contributed by atoms with E-state index in [9.17, 15) is 4.79 Å². The highest BCUT2D eigenvalue weighted by Crippen LogP contribution is 2.15. The van der Waals surface area contributed by atoms with E-state index in [2.05, 4.69) is 15.3 Å². The lowest BCUT2D eigenvalue weighted by molar-refractivity contribution is 0.0691. The van der Waals surface area contributed by atoms with Gasteiger partial charge in [0.1, 0.15) is 0 Å². The van der Waals surface area contributed by atoms with Gasteiger partial charge in [-0.2, -0.15) is 0 Å². The van der Waals surface area contributed by atoms with Gasteiger partial charge in [0.15, 0.2) is 11.5 Å². The summed E-state index contributed by atoms with van der Waals surface area (Å²) in [6, 6.07) is 9.21. The van der Waals surface area contributed by atoms with Crippen LogP contribution in [0.15, 0.2) is 42.7 Å². The minimum Gasteiger partial charge on any atom is -0.476 e. The van der Waals surface area contributed by atoms with Crippen LogP contribution in [0.5, 0.6) is 0 Å². The molecule has 0 aliphatic carbocycles. The van der Waals surface area contributed by atoms with E-state index < -0.39 is 5.97 Å². The Kier molecular flexibility index (Phi) is 2.77. The molecule has 2 N–H and O–H groups in total. The number of hydrogen-bond acceptors (Lipinski definition) is 4. The van der Waals surface area contributed by atoms with Crippen LogP contribution in [-0.4, -0.2) is 21.0 Å². The van der Waals surface area contributed by atoms with Crippen LogP contribution in [0.4, 0.5) is 11.5 Å². The van der Waals surface area contributed by atoms with Crippen LogP contribution in [-0.2, 0) is 0 Å². The van der Waals surface area contributed by atoms with Gasteiger partial charge in [0.25, 0.3) is 0 Å². The predicted molar refractivity (Wildman–Crippen MR) is 58.7 cm³/mol. The first-order valence-corrected chi connectivity index (χ1v) is 4.64. The fourth-order valence-corrected chi connectivity index (χ4v) is 1.24. The molecule has 0 unspecified atom stereocenters.